The Bertz CT molecular complexity index is 152. The zero-order chi connectivity index (χ0) is 9.90. The van der Waals surface area contributed by atoms with Crippen molar-refractivity contribution in [3.8, 4) is 0 Å². The van der Waals surface area contributed by atoms with E-state index in [0.717, 1.165) is 0 Å². The molecule has 2 unspecified atom stereocenters. The van der Waals surface area contributed by atoms with Gasteiger partial charge in [0.25, 0.3) is 0 Å². The lowest BCUT2D eigenvalue weighted by molar-refractivity contribution is -0.0233. The molecule has 13 heavy (non-hydrogen) atoms. The third-order valence-corrected chi connectivity index (χ3v) is 3.62. The second-order valence-corrected chi connectivity index (χ2v) is 4.87. The molecule has 2 nitrogen and oxygen atoms in total. The number of rotatable bonds is 3. The fourth-order valence-electron chi connectivity index (χ4n) is 2.47. The van der Waals surface area contributed by atoms with Crippen molar-refractivity contribution in [2.75, 3.05) is 6.54 Å². The highest BCUT2D eigenvalue weighted by Crippen LogP contribution is 2.40. The molecule has 3 N–H and O–H groups in total. The van der Waals surface area contributed by atoms with E-state index in [-0.39, 0.29) is 17.4 Å². The molecule has 0 amide bonds. The van der Waals surface area contributed by atoms with E-state index in [9.17, 15) is 5.11 Å². The number of hydrogen-bond acceptors (Lipinski definition) is 2. The lowest BCUT2D eigenvalue weighted by atomic mass is 9.69. The van der Waals surface area contributed by atoms with Gasteiger partial charge in [-0.2, -0.15) is 0 Å². The van der Waals surface area contributed by atoms with Gasteiger partial charge in [-0.15, -0.1) is 0 Å². The highest BCUT2D eigenvalue weighted by Gasteiger charge is 2.36. The Labute approximate surface area is 81.5 Å². The molecule has 2 atom stereocenters. The van der Waals surface area contributed by atoms with E-state index >= 15 is 0 Å². The normalized spacial score (nSPS) is 26.8. The average Bonchev–Trinajstić information content (AvgIpc) is 2.16. The molecular formula is C11H23NO. The Morgan fingerprint density at radius 2 is 1.85 bits per heavy atom. The van der Waals surface area contributed by atoms with Crippen molar-refractivity contribution in [3.05, 3.63) is 0 Å². The van der Waals surface area contributed by atoms with Gasteiger partial charge in [-0.3, -0.25) is 0 Å². The summed E-state index contributed by atoms with van der Waals surface area (Å²) in [5.74, 6) is 0.239. The van der Waals surface area contributed by atoms with Gasteiger partial charge in [0.15, 0.2) is 0 Å². The van der Waals surface area contributed by atoms with Crippen LogP contribution in [0.25, 0.3) is 0 Å². The fraction of sp³-hybridized carbons (Fsp3) is 1.00. The van der Waals surface area contributed by atoms with Gasteiger partial charge >= 0.3 is 0 Å². The Kier molecular flexibility index (Phi) is 3.74. The molecule has 0 spiro atoms. The van der Waals surface area contributed by atoms with E-state index in [4.69, 9.17) is 5.73 Å². The summed E-state index contributed by atoms with van der Waals surface area (Å²) in [5.41, 5.74) is 5.71. The monoisotopic (exact) mass is 185 g/mol. The molecule has 0 aromatic heterocycles. The van der Waals surface area contributed by atoms with Crippen LogP contribution in [0.5, 0.6) is 0 Å². The molecule has 0 bridgehead atoms. The smallest absolute Gasteiger partial charge is 0.0631 e. The van der Waals surface area contributed by atoms with Gasteiger partial charge in [-0.1, -0.05) is 33.1 Å². The van der Waals surface area contributed by atoms with Gasteiger partial charge < -0.3 is 10.8 Å². The Balaban J connectivity index is 2.55. The van der Waals surface area contributed by atoms with Crippen LogP contribution in [0.3, 0.4) is 0 Å². The van der Waals surface area contributed by atoms with Crippen LogP contribution in [0.15, 0.2) is 0 Å². The molecule has 2 heteroatoms. The van der Waals surface area contributed by atoms with Crippen molar-refractivity contribution in [1.29, 1.82) is 0 Å². The van der Waals surface area contributed by atoms with E-state index in [1.165, 1.54) is 32.1 Å². The van der Waals surface area contributed by atoms with Crippen LogP contribution >= 0.6 is 0 Å². The number of aliphatic hydroxyl groups is 1. The maximum atomic E-state index is 10.1. The summed E-state index contributed by atoms with van der Waals surface area (Å²) in [4.78, 5) is 0. The molecule has 1 aliphatic carbocycles. The standard InChI is InChI=1S/C11H23NO/c1-9(8-12)10(13)11(2)6-4-3-5-7-11/h9-10,13H,3-8,12H2,1-2H3. The lowest BCUT2D eigenvalue weighted by Gasteiger charge is -2.40. The molecule has 1 aliphatic rings. The van der Waals surface area contributed by atoms with Gasteiger partial charge in [0.05, 0.1) is 6.10 Å². The molecule has 0 saturated heterocycles. The number of hydrogen-bond donors (Lipinski definition) is 2. The molecule has 0 aromatic carbocycles. The fourth-order valence-corrected chi connectivity index (χ4v) is 2.47. The van der Waals surface area contributed by atoms with E-state index < -0.39 is 0 Å². The summed E-state index contributed by atoms with van der Waals surface area (Å²) >= 11 is 0. The molecule has 0 radical (unpaired) electrons. The average molecular weight is 185 g/mol. The molecule has 78 valence electrons. The molecule has 0 heterocycles. The van der Waals surface area contributed by atoms with Crippen molar-refractivity contribution < 1.29 is 5.11 Å². The van der Waals surface area contributed by atoms with Crippen LogP contribution < -0.4 is 5.73 Å². The van der Waals surface area contributed by atoms with Crippen LogP contribution in [0, 0.1) is 11.3 Å². The molecule has 1 rings (SSSR count). The zero-order valence-corrected chi connectivity index (χ0v) is 8.92. The maximum absolute atomic E-state index is 10.1. The quantitative estimate of drug-likeness (QED) is 0.705. The number of aliphatic hydroxyl groups excluding tert-OH is 1. The van der Waals surface area contributed by atoms with E-state index in [0.29, 0.717) is 6.54 Å². The predicted octanol–water partition coefficient (Wildman–Crippen LogP) is 1.91. The third-order valence-electron chi connectivity index (χ3n) is 3.62. The van der Waals surface area contributed by atoms with Crippen LogP contribution in [0.1, 0.15) is 46.0 Å². The van der Waals surface area contributed by atoms with Gasteiger partial charge in [-0.25, -0.2) is 0 Å². The summed E-state index contributed by atoms with van der Waals surface area (Å²) < 4.78 is 0. The number of nitrogens with two attached hydrogens (primary N) is 1. The summed E-state index contributed by atoms with van der Waals surface area (Å²) in [6.45, 7) is 4.85. The molecule has 0 aromatic rings. The van der Waals surface area contributed by atoms with Crippen molar-refractivity contribution in [1.82, 2.24) is 0 Å². The van der Waals surface area contributed by atoms with Crippen molar-refractivity contribution in [2.45, 2.75) is 52.1 Å². The summed E-state index contributed by atoms with van der Waals surface area (Å²) in [6, 6.07) is 0. The first-order chi connectivity index (χ1) is 6.10. The topological polar surface area (TPSA) is 46.2 Å². The first-order valence-electron chi connectivity index (χ1n) is 5.48. The molecular weight excluding hydrogens is 162 g/mol. The predicted molar refractivity (Wildman–Crippen MR) is 55.4 cm³/mol. The van der Waals surface area contributed by atoms with Crippen LogP contribution in [0.2, 0.25) is 0 Å². The minimum Gasteiger partial charge on any atom is -0.392 e. The maximum Gasteiger partial charge on any atom is 0.0631 e. The van der Waals surface area contributed by atoms with Crippen LogP contribution in [-0.2, 0) is 0 Å². The van der Waals surface area contributed by atoms with Gasteiger partial charge in [0.1, 0.15) is 0 Å². The van der Waals surface area contributed by atoms with Crippen molar-refractivity contribution in [2.24, 2.45) is 17.1 Å². The zero-order valence-electron chi connectivity index (χ0n) is 8.92. The minimum absolute atomic E-state index is 0.136. The second-order valence-electron chi connectivity index (χ2n) is 4.87. The summed E-state index contributed by atoms with van der Waals surface area (Å²) in [6.07, 6.45) is 5.99. The van der Waals surface area contributed by atoms with E-state index in [1.54, 1.807) is 0 Å². The van der Waals surface area contributed by atoms with Crippen molar-refractivity contribution >= 4 is 0 Å². The lowest BCUT2D eigenvalue weighted by Crippen LogP contribution is -2.41. The van der Waals surface area contributed by atoms with E-state index in [1.807, 2.05) is 6.92 Å². The van der Waals surface area contributed by atoms with Crippen molar-refractivity contribution in [3.63, 3.8) is 0 Å². The van der Waals surface area contributed by atoms with Gasteiger partial charge in [0.2, 0.25) is 0 Å². The minimum atomic E-state index is -0.210. The Morgan fingerprint density at radius 1 is 1.31 bits per heavy atom. The largest absolute Gasteiger partial charge is 0.392 e. The highest BCUT2D eigenvalue weighted by atomic mass is 16.3. The second kappa shape index (κ2) is 4.43. The van der Waals surface area contributed by atoms with E-state index in [2.05, 4.69) is 6.92 Å². The SMILES string of the molecule is CC(CN)C(O)C1(C)CCCCC1. The Morgan fingerprint density at radius 3 is 2.31 bits per heavy atom. The molecule has 1 saturated carbocycles. The Hall–Kier alpha value is -0.0800. The summed E-state index contributed by atoms with van der Waals surface area (Å²) in [7, 11) is 0. The van der Waals surface area contributed by atoms with Gasteiger partial charge in [0, 0.05) is 0 Å². The first kappa shape index (κ1) is 11.0. The molecule has 1 fully saturated rings. The first-order valence-corrected chi connectivity index (χ1v) is 5.48. The summed E-state index contributed by atoms with van der Waals surface area (Å²) in [5, 5.41) is 10.1. The highest BCUT2D eigenvalue weighted by molar-refractivity contribution is 4.87. The molecule has 0 aliphatic heterocycles. The van der Waals surface area contributed by atoms with Gasteiger partial charge in [-0.05, 0) is 30.7 Å². The van der Waals surface area contributed by atoms with Crippen LogP contribution in [0.4, 0.5) is 0 Å². The van der Waals surface area contributed by atoms with Crippen LogP contribution in [-0.4, -0.2) is 17.8 Å². The third kappa shape index (κ3) is 2.44.